The van der Waals surface area contributed by atoms with Crippen LogP contribution in [0.2, 0.25) is 5.15 Å². The van der Waals surface area contributed by atoms with Gasteiger partial charge in [0.2, 0.25) is 0 Å². The molecule has 0 fully saturated rings. The number of halogens is 1. The Bertz CT molecular complexity index is 746. The number of nitrogens with zero attached hydrogens (tertiary/aromatic N) is 3. The molecule has 1 aromatic carbocycles. The summed E-state index contributed by atoms with van der Waals surface area (Å²) in [7, 11) is 1.60. The van der Waals surface area contributed by atoms with Crippen LogP contribution in [0.1, 0.15) is 0 Å². The molecule has 0 bridgehead atoms. The smallest absolute Gasteiger partial charge is 0.159 e. The second-order valence-electron chi connectivity index (χ2n) is 3.94. The molecule has 0 atom stereocenters. The van der Waals surface area contributed by atoms with E-state index in [1.807, 2.05) is 36.4 Å². The van der Waals surface area contributed by atoms with Gasteiger partial charge in [-0.05, 0) is 12.1 Å². The summed E-state index contributed by atoms with van der Waals surface area (Å²) in [5.74, 6) is 0.657. The van der Waals surface area contributed by atoms with Gasteiger partial charge in [0, 0.05) is 17.0 Å². The first kappa shape index (κ1) is 11.9. The molecular formula is C14H10ClN3O. The summed E-state index contributed by atoms with van der Waals surface area (Å²) >= 11 is 6.06. The van der Waals surface area contributed by atoms with Gasteiger partial charge in [0.25, 0.3) is 0 Å². The van der Waals surface area contributed by atoms with Crippen LogP contribution in [0.25, 0.3) is 22.2 Å². The van der Waals surface area contributed by atoms with Crippen molar-refractivity contribution in [2.45, 2.75) is 0 Å². The van der Waals surface area contributed by atoms with E-state index in [2.05, 4.69) is 15.2 Å². The number of ether oxygens (including phenoxy) is 1. The van der Waals surface area contributed by atoms with Crippen molar-refractivity contribution in [3.05, 3.63) is 47.7 Å². The van der Waals surface area contributed by atoms with Crippen molar-refractivity contribution in [1.29, 1.82) is 0 Å². The molecule has 2 aromatic heterocycles. The van der Waals surface area contributed by atoms with Gasteiger partial charge in [-0.1, -0.05) is 35.9 Å². The maximum atomic E-state index is 6.06. The number of rotatable bonds is 2. The molecule has 0 spiro atoms. The van der Waals surface area contributed by atoms with E-state index in [-0.39, 0.29) is 0 Å². The van der Waals surface area contributed by atoms with Crippen molar-refractivity contribution in [2.24, 2.45) is 0 Å². The monoisotopic (exact) mass is 271 g/mol. The normalized spacial score (nSPS) is 10.6. The third-order valence-electron chi connectivity index (χ3n) is 2.86. The lowest BCUT2D eigenvalue weighted by molar-refractivity contribution is 0.414. The molecule has 0 saturated carbocycles. The van der Waals surface area contributed by atoms with Crippen molar-refractivity contribution in [3.63, 3.8) is 0 Å². The van der Waals surface area contributed by atoms with Gasteiger partial charge < -0.3 is 4.74 Å². The SMILES string of the molecule is COc1cccnc1-c1nnc(Cl)c2ccccc12. The molecule has 0 saturated heterocycles. The molecule has 0 radical (unpaired) electrons. The summed E-state index contributed by atoms with van der Waals surface area (Å²) in [6, 6.07) is 11.3. The fourth-order valence-electron chi connectivity index (χ4n) is 1.98. The summed E-state index contributed by atoms with van der Waals surface area (Å²) in [5, 5.41) is 10.3. The number of fused-ring (bicyclic) bond motifs is 1. The number of methoxy groups -OCH3 is 1. The van der Waals surface area contributed by atoms with Gasteiger partial charge in [0.15, 0.2) is 5.15 Å². The van der Waals surface area contributed by atoms with E-state index < -0.39 is 0 Å². The maximum absolute atomic E-state index is 6.06. The fourth-order valence-corrected chi connectivity index (χ4v) is 2.18. The number of pyridine rings is 1. The number of aromatic nitrogens is 3. The van der Waals surface area contributed by atoms with Crippen LogP contribution in [0.5, 0.6) is 5.75 Å². The molecular weight excluding hydrogens is 262 g/mol. The van der Waals surface area contributed by atoms with E-state index in [9.17, 15) is 0 Å². The van der Waals surface area contributed by atoms with Crippen LogP contribution in [-0.4, -0.2) is 22.3 Å². The Morgan fingerprint density at radius 1 is 0.947 bits per heavy atom. The third kappa shape index (κ3) is 2.00. The van der Waals surface area contributed by atoms with E-state index in [0.29, 0.717) is 22.3 Å². The van der Waals surface area contributed by atoms with Gasteiger partial charge in [-0.25, -0.2) is 0 Å². The topological polar surface area (TPSA) is 47.9 Å². The zero-order valence-corrected chi connectivity index (χ0v) is 10.9. The highest BCUT2D eigenvalue weighted by Gasteiger charge is 2.14. The third-order valence-corrected chi connectivity index (χ3v) is 3.14. The predicted octanol–water partition coefficient (Wildman–Crippen LogP) is 3.35. The van der Waals surface area contributed by atoms with Crippen LogP contribution in [-0.2, 0) is 0 Å². The average molecular weight is 272 g/mol. The predicted molar refractivity (Wildman–Crippen MR) is 74.3 cm³/mol. The Morgan fingerprint density at radius 3 is 2.53 bits per heavy atom. The number of hydrogen-bond donors (Lipinski definition) is 0. The van der Waals surface area contributed by atoms with Crippen molar-refractivity contribution < 1.29 is 4.74 Å². The summed E-state index contributed by atoms with van der Waals surface area (Å²) in [4.78, 5) is 4.33. The Hall–Kier alpha value is -2.20. The molecule has 3 aromatic rings. The minimum atomic E-state index is 0.384. The van der Waals surface area contributed by atoms with Crippen LogP contribution in [0.15, 0.2) is 42.6 Å². The molecule has 5 heteroatoms. The number of hydrogen-bond acceptors (Lipinski definition) is 4. The lowest BCUT2D eigenvalue weighted by atomic mass is 10.1. The van der Waals surface area contributed by atoms with Crippen molar-refractivity contribution in [1.82, 2.24) is 15.2 Å². The Morgan fingerprint density at radius 2 is 1.74 bits per heavy atom. The van der Waals surface area contributed by atoms with E-state index >= 15 is 0 Å². The lowest BCUT2D eigenvalue weighted by Crippen LogP contribution is -1.96. The standard InChI is InChI=1S/C14H10ClN3O/c1-19-11-7-4-8-16-13(11)12-9-5-2-3-6-10(9)14(15)18-17-12/h2-8H,1H3. The Balaban J connectivity index is 2.34. The van der Waals surface area contributed by atoms with E-state index in [1.165, 1.54) is 0 Å². The fraction of sp³-hybridized carbons (Fsp3) is 0.0714. The van der Waals surface area contributed by atoms with E-state index in [1.54, 1.807) is 13.3 Å². The van der Waals surface area contributed by atoms with Crippen LogP contribution in [0, 0.1) is 0 Å². The average Bonchev–Trinajstić information content (AvgIpc) is 2.48. The summed E-state index contributed by atoms with van der Waals surface area (Å²) in [6.45, 7) is 0. The van der Waals surface area contributed by atoms with Crippen LogP contribution < -0.4 is 4.74 Å². The molecule has 4 nitrogen and oxygen atoms in total. The molecule has 0 aliphatic carbocycles. The minimum absolute atomic E-state index is 0.384. The van der Waals surface area contributed by atoms with Crippen LogP contribution in [0.3, 0.4) is 0 Å². The summed E-state index contributed by atoms with van der Waals surface area (Å²) in [5.41, 5.74) is 1.32. The first-order valence-corrected chi connectivity index (χ1v) is 6.09. The van der Waals surface area contributed by atoms with Gasteiger partial charge in [0.1, 0.15) is 17.1 Å². The zero-order chi connectivity index (χ0) is 13.2. The minimum Gasteiger partial charge on any atom is -0.494 e. The molecule has 0 unspecified atom stereocenters. The molecule has 19 heavy (non-hydrogen) atoms. The quantitative estimate of drug-likeness (QED) is 0.717. The van der Waals surface area contributed by atoms with Crippen LogP contribution >= 0.6 is 11.6 Å². The van der Waals surface area contributed by atoms with Gasteiger partial charge in [0.05, 0.1) is 7.11 Å². The Kier molecular flexibility index (Phi) is 3.01. The number of benzene rings is 1. The second-order valence-corrected chi connectivity index (χ2v) is 4.30. The summed E-state index contributed by atoms with van der Waals surface area (Å²) in [6.07, 6.45) is 1.70. The molecule has 0 aliphatic rings. The molecule has 94 valence electrons. The van der Waals surface area contributed by atoms with Gasteiger partial charge >= 0.3 is 0 Å². The lowest BCUT2D eigenvalue weighted by Gasteiger charge is -2.08. The van der Waals surface area contributed by atoms with Gasteiger partial charge in [-0.2, -0.15) is 0 Å². The van der Waals surface area contributed by atoms with Gasteiger partial charge in [-0.15, -0.1) is 10.2 Å². The van der Waals surface area contributed by atoms with E-state index in [4.69, 9.17) is 16.3 Å². The Labute approximate surface area is 115 Å². The molecule has 0 aliphatic heterocycles. The van der Waals surface area contributed by atoms with Crippen molar-refractivity contribution in [3.8, 4) is 17.1 Å². The summed E-state index contributed by atoms with van der Waals surface area (Å²) < 4.78 is 5.32. The first-order chi connectivity index (χ1) is 9.31. The second kappa shape index (κ2) is 4.82. The molecule has 3 rings (SSSR count). The first-order valence-electron chi connectivity index (χ1n) is 5.71. The highest BCUT2D eigenvalue weighted by Crippen LogP contribution is 2.32. The molecule has 2 heterocycles. The largest absolute Gasteiger partial charge is 0.494 e. The van der Waals surface area contributed by atoms with E-state index in [0.717, 1.165) is 10.8 Å². The van der Waals surface area contributed by atoms with Gasteiger partial charge in [-0.3, -0.25) is 4.98 Å². The molecule has 0 N–H and O–H groups in total. The van der Waals surface area contributed by atoms with Crippen LogP contribution in [0.4, 0.5) is 0 Å². The highest BCUT2D eigenvalue weighted by molar-refractivity contribution is 6.34. The van der Waals surface area contributed by atoms with Crippen molar-refractivity contribution in [2.75, 3.05) is 7.11 Å². The molecule has 0 amide bonds. The highest BCUT2D eigenvalue weighted by atomic mass is 35.5. The van der Waals surface area contributed by atoms with Crippen molar-refractivity contribution >= 4 is 22.4 Å². The maximum Gasteiger partial charge on any atom is 0.159 e. The zero-order valence-electron chi connectivity index (χ0n) is 10.2.